The number of amides is 1. The second kappa shape index (κ2) is 9.80. The van der Waals surface area contributed by atoms with E-state index < -0.39 is 0 Å². The van der Waals surface area contributed by atoms with E-state index >= 15 is 0 Å². The summed E-state index contributed by atoms with van der Waals surface area (Å²) in [6, 6.07) is 5.69. The van der Waals surface area contributed by atoms with E-state index in [0.29, 0.717) is 40.9 Å². The van der Waals surface area contributed by atoms with E-state index in [1.807, 2.05) is 12.3 Å². The highest BCUT2D eigenvalue weighted by molar-refractivity contribution is 6.09. The molecular weight excluding hydrogens is 430 g/mol. The minimum Gasteiger partial charge on any atom is -0.491 e. The number of aromatic nitrogens is 3. The number of carbonyl (C=O) groups is 1. The fourth-order valence-electron chi connectivity index (χ4n) is 4.18. The Hall–Kier alpha value is -3.46. The predicted octanol–water partition coefficient (Wildman–Crippen LogP) is 3.26. The molecule has 0 bridgehead atoms. The van der Waals surface area contributed by atoms with Gasteiger partial charge >= 0.3 is 0 Å². The summed E-state index contributed by atoms with van der Waals surface area (Å²) < 4.78 is 7.61. The molecule has 3 aromatic rings. The van der Waals surface area contributed by atoms with Gasteiger partial charge in [0.2, 0.25) is 0 Å². The second-order valence-electron chi connectivity index (χ2n) is 9.08. The number of hydrogen-bond acceptors (Lipinski definition) is 7. The van der Waals surface area contributed by atoms with E-state index in [1.54, 1.807) is 29.0 Å². The van der Waals surface area contributed by atoms with Crippen LogP contribution in [0.2, 0.25) is 0 Å². The summed E-state index contributed by atoms with van der Waals surface area (Å²) in [5.74, 6) is 0.837. The van der Waals surface area contributed by atoms with E-state index in [-0.39, 0.29) is 11.9 Å². The Morgan fingerprint density at radius 2 is 2.12 bits per heavy atom. The molecule has 34 heavy (non-hydrogen) atoms. The van der Waals surface area contributed by atoms with Gasteiger partial charge in [0.05, 0.1) is 24.5 Å². The molecule has 1 aliphatic carbocycles. The van der Waals surface area contributed by atoms with Crippen molar-refractivity contribution in [3.8, 4) is 5.75 Å². The molecule has 1 saturated carbocycles. The van der Waals surface area contributed by atoms with Gasteiger partial charge in [0.15, 0.2) is 5.65 Å². The lowest BCUT2D eigenvalue weighted by molar-refractivity contribution is 0.102. The van der Waals surface area contributed by atoms with Crippen LogP contribution in [0, 0.1) is 5.92 Å². The van der Waals surface area contributed by atoms with E-state index in [1.165, 1.54) is 19.0 Å². The summed E-state index contributed by atoms with van der Waals surface area (Å²) >= 11 is 0. The Balaban J connectivity index is 1.38. The quantitative estimate of drug-likeness (QED) is 0.394. The molecule has 0 spiro atoms. The zero-order chi connectivity index (χ0) is 23.5. The number of nitrogens with one attached hydrogen (secondary N) is 1. The predicted molar refractivity (Wildman–Crippen MR) is 133 cm³/mol. The third-order valence-electron chi connectivity index (χ3n) is 6.56. The molecule has 0 unspecified atom stereocenters. The lowest BCUT2D eigenvalue weighted by Gasteiger charge is -2.28. The maximum absolute atomic E-state index is 13.1. The molecule has 1 aliphatic heterocycles. The van der Waals surface area contributed by atoms with Crippen LogP contribution in [0.25, 0.3) is 5.65 Å². The van der Waals surface area contributed by atoms with E-state index in [0.717, 1.165) is 38.0 Å². The van der Waals surface area contributed by atoms with Crippen LogP contribution in [-0.2, 0) is 0 Å². The largest absolute Gasteiger partial charge is 0.491 e. The van der Waals surface area contributed by atoms with Crippen molar-refractivity contribution >= 4 is 29.1 Å². The normalized spacial score (nSPS) is 17.4. The number of fused-ring (bicyclic) bond motifs is 1. The van der Waals surface area contributed by atoms with Crippen LogP contribution >= 0.6 is 0 Å². The molecule has 3 N–H and O–H groups in total. The van der Waals surface area contributed by atoms with Crippen molar-refractivity contribution in [2.45, 2.75) is 38.6 Å². The first-order chi connectivity index (χ1) is 16.6. The van der Waals surface area contributed by atoms with Crippen LogP contribution in [0.15, 0.2) is 41.8 Å². The number of anilines is 2. The highest BCUT2D eigenvalue weighted by atomic mass is 16.5. The third kappa shape index (κ3) is 5.04. The second-order valence-corrected chi connectivity index (χ2v) is 9.08. The smallest absolute Gasteiger partial charge is 0.261 e. The van der Waals surface area contributed by atoms with Crippen molar-refractivity contribution in [2.75, 3.05) is 37.3 Å². The number of likely N-dealkylation sites (tertiary alicyclic amines) is 1. The molecule has 1 saturated heterocycles. The van der Waals surface area contributed by atoms with Crippen molar-refractivity contribution in [1.82, 2.24) is 19.5 Å². The van der Waals surface area contributed by atoms with Crippen molar-refractivity contribution in [3.63, 3.8) is 0 Å². The fraction of sp³-hybridized carbons (Fsp3) is 0.440. The summed E-state index contributed by atoms with van der Waals surface area (Å²) in [6.07, 6.45) is 11.2. The van der Waals surface area contributed by atoms with Crippen molar-refractivity contribution in [2.24, 2.45) is 10.9 Å². The zero-order valence-corrected chi connectivity index (χ0v) is 19.5. The molecule has 3 heterocycles. The van der Waals surface area contributed by atoms with E-state index in [9.17, 15) is 4.79 Å². The van der Waals surface area contributed by atoms with Crippen LogP contribution in [0.3, 0.4) is 0 Å². The number of hydrogen-bond donors (Lipinski definition) is 2. The molecule has 178 valence electrons. The molecule has 2 fully saturated rings. The zero-order valence-electron chi connectivity index (χ0n) is 19.5. The van der Waals surface area contributed by atoms with Gasteiger partial charge in [-0.05, 0) is 50.3 Å². The average molecular weight is 462 g/mol. The highest BCUT2D eigenvalue weighted by Crippen LogP contribution is 2.34. The molecule has 0 atom stereocenters. The summed E-state index contributed by atoms with van der Waals surface area (Å²) in [4.78, 5) is 24.6. The number of nitrogens with two attached hydrogens (primary N) is 1. The standard InChI is InChI=1S/C25H31N7O2/c1-2-31-10-6-19(7-11-31)28-14-18-12-22(23(13-21(18)26)34-16-17-4-5-17)30-25(33)20-15-29-32-9-3-8-27-24(20)32/h3,8-9,12-15,17,19H,2,4-7,10-11,16,26H2,1H3,(H,30,33). The Bertz CT molecular complexity index is 1190. The minimum absolute atomic E-state index is 0.288. The van der Waals surface area contributed by atoms with Gasteiger partial charge in [0.25, 0.3) is 5.91 Å². The monoisotopic (exact) mass is 461 g/mol. The summed E-state index contributed by atoms with van der Waals surface area (Å²) in [5, 5.41) is 7.20. The molecule has 2 aliphatic rings. The van der Waals surface area contributed by atoms with Crippen LogP contribution in [0.1, 0.15) is 48.5 Å². The number of rotatable bonds is 8. The third-order valence-corrected chi connectivity index (χ3v) is 6.56. The van der Waals surface area contributed by atoms with Gasteiger partial charge < -0.3 is 20.7 Å². The summed E-state index contributed by atoms with van der Waals surface area (Å²) in [5.41, 5.74) is 9.16. The number of ether oxygens (including phenoxy) is 1. The number of nitrogen functional groups attached to an aromatic ring is 1. The van der Waals surface area contributed by atoms with Gasteiger partial charge in [-0.15, -0.1) is 0 Å². The Kier molecular flexibility index (Phi) is 6.44. The number of carbonyl (C=O) groups excluding carboxylic acids is 1. The van der Waals surface area contributed by atoms with Crippen LogP contribution in [-0.4, -0.2) is 63.9 Å². The Labute approximate surface area is 199 Å². The van der Waals surface area contributed by atoms with E-state index in [2.05, 4.69) is 27.2 Å². The maximum Gasteiger partial charge on any atom is 0.261 e. The lowest BCUT2D eigenvalue weighted by atomic mass is 10.1. The van der Waals surface area contributed by atoms with Gasteiger partial charge in [-0.25, -0.2) is 9.50 Å². The molecule has 9 heteroatoms. The fourth-order valence-corrected chi connectivity index (χ4v) is 4.18. The first-order valence-corrected chi connectivity index (χ1v) is 12.0. The number of benzene rings is 1. The van der Waals surface area contributed by atoms with Crippen molar-refractivity contribution in [3.05, 3.63) is 47.9 Å². The SMILES string of the molecule is CCN1CCC(N=Cc2cc(NC(=O)c3cnn4cccnc34)c(OCC3CC3)cc2N)CC1. The molecule has 9 nitrogen and oxygen atoms in total. The van der Waals surface area contributed by atoms with Gasteiger partial charge in [-0.1, -0.05) is 6.92 Å². The molecular formula is C25H31N7O2. The number of nitrogens with zero attached hydrogens (tertiary/aromatic N) is 5. The molecule has 1 amide bonds. The number of piperidine rings is 1. The van der Waals surface area contributed by atoms with Crippen molar-refractivity contribution in [1.29, 1.82) is 0 Å². The topological polar surface area (TPSA) is 110 Å². The summed E-state index contributed by atoms with van der Waals surface area (Å²) in [7, 11) is 0. The lowest BCUT2D eigenvalue weighted by Crippen LogP contribution is -2.35. The molecule has 1 aromatic carbocycles. The minimum atomic E-state index is -0.301. The van der Waals surface area contributed by atoms with E-state index in [4.69, 9.17) is 15.5 Å². The van der Waals surface area contributed by atoms with Gasteiger partial charge in [-0.3, -0.25) is 9.79 Å². The van der Waals surface area contributed by atoms with Gasteiger partial charge in [0.1, 0.15) is 11.3 Å². The Morgan fingerprint density at radius 3 is 2.88 bits per heavy atom. The highest BCUT2D eigenvalue weighted by Gasteiger charge is 2.24. The van der Waals surface area contributed by atoms with Crippen molar-refractivity contribution < 1.29 is 9.53 Å². The number of aliphatic imine (C=N–C) groups is 1. The Morgan fingerprint density at radius 1 is 1.29 bits per heavy atom. The molecule has 5 rings (SSSR count). The van der Waals surface area contributed by atoms with Crippen LogP contribution in [0.5, 0.6) is 5.75 Å². The van der Waals surface area contributed by atoms with Gasteiger partial charge in [0, 0.05) is 49.0 Å². The first-order valence-electron chi connectivity index (χ1n) is 12.0. The average Bonchev–Trinajstić information content (AvgIpc) is 3.59. The maximum atomic E-state index is 13.1. The van der Waals surface area contributed by atoms with Crippen LogP contribution in [0.4, 0.5) is 11.4 Å². The first kappa shape index (κ1) is 22.3. The van der Waals surface area contributed by atoms with Gasteiger partial charge in [-0.2, -0.15) is 5.10 Å². The molecule has 0 radical (unpaired) electrons. The summed E-state index contributed by atoms with van der Waals surface area (Å²) in [6.45, 7) is 6.02. The molecule has 2 aromatic heterocycles. The van der Waals surface area contributed by atoms with Crippen LogP contribution < -0.4 is 15.8 Å².